The van der Waals surface area contributed by atoms with Gasteiger partial charge in [-0.25, -0.2) is 8.42 Å². The Hall–Kier alpha value is -1.09. The highest BCUT2D eigenvalue weighted by Gasteiger charge is 2.37. The molecule has 0 radical (unpaired) electrons. The maximum Gasteiger partial charge on any atom is 0.416 e. The summed E-state index contributed by atoms with van der Waals surface area (Å²) in [5, 5.41) is -0.293. The smallest absolute Gasteiger partial charge is 0.373 e. The van der Waals surface area contributed by atoms with Crippen LogP contribution in [0, 0.1) is 0 Å². The normalized spacial score (nSPS) is 21.2. The van der Waals surface area contributed by atoms with Gasteiger partial charge in [0.25, 0.3) is 0 Å². The van der Waals surface area contributed by atoms with Gasteiger partial charge in [-0.05, 0) is 64.7 Å². The van der Waals surface area contributed by atoms with Gasteiger partial charge in [0.2, 0.25) is 0 Å². The van der Waals surface area contributed by atoms with Gasteiger partial charge in [0.15, 0.2) is 9.84 Å². The summed E-state index contributed by atoms with van der Waals surface area (Å²) in [6.45, 7) is 0.202. The molecule has 0 amide bonds. The first kappa shape index (κ1) is 20.6. The number of halogens is 5. The van der Waals surface area contributed by atoms with Crippen LogP contribution in [0.5, 0.6) is 0 Å². The summed E-state index contributed by atoms with van der Waals surface area (Å²) in [5.74, 6) is 0. The molecule has 1 aliphatic heterocycles. The maximum atomic E-state index is 13.0. The van der Waals surface area contributed by atoms with E-state index in [-0.39, 0.29) is 28.8 Å². The molecule has 1 aliphatic rings. The van der Waals surface area contributed by atoms with Crippen LogP contribution >= 0.6 is 27.5 Å². The number of hydrogen-bond acceptors (Lipinski definition) is 3. The molecule has 1 saturated heterocycles. The van der Waals surface area contributed by atoms with Gasteiger partial charge in [0.05, 0.1) is 21.8 Å². The van der Waals surface area contributed by atoms with Crippen LogP contribution in [0.4, 0.5) is 13.2 Å². The lowest BCUT2D eigenvalue weighted by Crippen LogP contribution is -2.31. The van der Waals surface area contributed by atoms with E-state index in [1.165, 1.54) is 0 Å². The highest BCUT2D eigenvalue weighted by molar-refractivity contribution is 9.10. The first-order chi connectivity index (χ1) is 12.6. The zero-order chi connectivity index (χ0) is 19.8. The summed E-state index contributed by atoms with van der Waals surface area (Å²) in [4.78, 5) is -0.348. The fourth-order valence-electron chi connectivity index (χ4n) is 3.04. The number of sulfone groups is 1. The molecule has 27 heavy (non-hydrogen) atoms. The number of ether oxygens (including phenoxy) is 1. The predicted molar refractivity (Wildman–Crippen MR) is 99.5 cm³/mol. The van der Waals surface area contributed by atoms with E-state index in [1.54, 1.807) is 24.3 Å². The van der Waals surface area contributed by atoms with Gasteiger partial charge in [-0.2, -0.15) is 13.2 Å². The monoisotopic (exact) mass is 482 g/mol. The van der Waals surface area contributed by atoms with Crippen molar-refractivity contribution in [3.8, 4) is 0 Å². The fourth-order valence-corrected chi connectivity index (χ4v) is 5.91. The molecule has 1 fully saturated rings. The third kappa shape index (κ3) is 4.50. The molecule has 2 atom stereocenters. The van der Waals surface area contributed by atoms with Crippen molar-refractivity contribution in [2.24, 2.45) is 0 Å². The third-order valence-corrected chi connectivity index (χ3v) is 7.94. The van der Waals surface area contributed by atoms with Gasteiger partial charge in [-0.15, -0.1) is 0 Å². The second-order valence-corrected chi connectivity index (χ2v) is 9.73. The van der Waals surface area contributed by atoms with E-state index in [9.17, 15) is 21.6 Å². The predicted octanol–water partition coefficient (Wildman–Crippen LogP) is 5.82. The summed E-state index contributed by atoms with van der Waals surface area (Å²) in [6.07, 6.45) is -4.70. The molecule has 2 aromatic rings. The second-order valence-electron chi connectivity index (χ2n) is 6.25. The first-order valence-electron chi connectivity index (χ1n) is 8.07. The molecule has 0 N–H and O–H groups in total. The van der Waals surface area contributed by atoms with Crippen molar-refractivity contribution in [3.05, 3.63) is 63.1 Å². The average Bonchev–Trinajstić information content (AvgIpc) is 2.61. The van der Waals surface area contributed by atoms with Crippen LogP contribution in [0.25, 0.3) is 0 Å². The van der Waals surface area contributed by atoms with Crippen molar-refractivity contribution < 1.29 is 26.3 Å². The minimum atomic E-state index is -4.62. The Bertz CT molecular complexity index is 930. The van der Waals surface area contributed by atoms with E-state index in [0.29, 0.717) is 11.1 Å². The molecule has 3 rings (SSSR count). The van der Waals surface area contributed by atoms with Crippen LogP contribution in [-0.2, 0) is 20.8 Å². The summed E-state index contributed by atoms with van der Waals surface area (Å²) >= 11 is 8.94. The van der Waals surface area contributed by atoms with E-state index in [0.717, 1.165) is 17.7 Å². The molecule has 0 saturated carbocycles. The lowest BCUT2D eigenvalue weighted by Gasteiger charge is -2.30. The minimum Gasteiger partial charge on any atom is -0.373 e. The van der Waals surface area contributed by atoms with Crippen molar-refractivity contribution in [2.75, 3.05) is 6.61 Å². The van der Waals surface area contributed by atoms with E-state index < -0.39 is 32.9 Å². The average molecular weight is 484 g/mol. The van der Waals surface area contributed by atoms with Crippen LogP contribution in [0.15, 0.2) is 51.8 Å². The zero-order valence-electron chi connectivity index (χ0n) is 13.8. The van der Waals surface area contributed by atoms with Gasteiger partial charge < -0.3 is 4.74 Å². The van der Waals surface area contributed by atoms with Crippen molar-refractivity contribution in [1.29, 1.82) is 0 Å². The second kappa shape index (κ2) is 7.73. The van der Waals surface area contributed by atoms with Crippen molar-refractivity contribution >= 4 is 37.4 Å². The van der Waals surface area contributed by atoms with Crippen molar-refractivity contribution in [1.82, 2.24) is 0 Å². The summed E-state index contributed by atoms with van der Waals surface area (Å²) in [6, 6.07) is 9.52. The van der Waals surface area contributed by atoms with Crippen LogP contribution < -0.4 is 0 Å². The minimum absolute atomic E-state index is 0.116. The molecule has 2 unspecified atom stereocenters. The third-order valence-electron chi connectivity index (χ3n) is 4.48. The molecule has 3 nitrogen and oxygen atoms in total. The highest BCUT2D eigenvalue weighted by Crippen LogP contribution is 2.38. The number of rotatable bonds is 3. The van der Waals surface area contributed by atoms with E-state index in [2.05, 4.69) is 15.9 Å². The molecule has 0 spiro atoms. The number of hydrogen-bond donors (Lipinski definition) is 0. The Morgan fingerprint density at radius 1 is 1.11 bits per heavy atom. The molecule has 1 heterocycles. The van der Waals surface area contributed by atoms with E-state index in [4.69, 9.17) is 16.3 Å². The number of benzene rings is 2. The number of alkyl halides is 3. The van der Waals surface area contributed by atoms with Crippen LogP contribution in [0.2, 0.25) is 5.02 Å². The fraction of sp³-hybridized carbons (Fsp3) is 0.333. The lowest BCUT2D eigenvalue weighted by atomic mass is 10.0. The molecule has 0 aliphatic carbocycles. The zero-order valence-corrected chi connectivity index (χ0v) is 17.0. The van der Waals surface area contributed by atoms with E-state index >= 15 is 0 Å². The Morgan fingerprint density at radius 3 is 2.41 bits per heavy atom. The first-order valence-corrected chi connectivity index (χ1v) is 10.8. The molecule has 0 bridgehead atoms. The van der Waals surface area contributed by atoms with E-state index in [1.807, 2.05) is 0 Å². The Kier molecular flexibility index (Phi) is 5.91. The van der Waals surface area contributed by atoms with Crippen molar-refractivity contribution in [3.63, 3.8) is 0 Å². The van der Waals surface area contributed by atoms with Gasteiger partial charge in [-0.1, -0.05) is 23.7 Å². The largest absolute Gasteiger partial charge is 0.416 e. The molecule has 0 aromatic heterocycles. The van der Waals surface area contributed by atoms with Gasteiger partial charge >= 0.3 is 6.18 Å². The van der Waals surface area contributed by atoms with Crippen molar-refractivity contribution in [2.45, 2.75) is 35.3 Å². The van der Waals surface area contributed by atoms with Gasteiger partial charge in [-0.3, -0.25) is 0 Å². The SMILES string of the molecule is O=S(=O)(c1cc(C(F)(F)F)ccc1Br)C1CCOC(c2ccc(Cl)cc2)C1. The summed E-state index contributed by atoms with van der Waals surface area (Å²) in [7, 11) is -3.98. The molecule has 146 valence electrons. The highest BCUT2D eigenvalue weighted by atomic mass is 79.9. The molecule has 2 aromatic carbocycles. The maximum absolute atomic E-state index is 13.0. The lowest BCUT2D eigenvalue weighted by molar-refractivity contribution is -0.137. The standard InChI is InChI=1S/C18H15BrClF3O3S/c19-15-6-3-12(18(21,22)23)9-17(15)27(24,25)14-7-8-26-16(10-14)11-1-4-13(20)5-2-11/h1-6,9,14,16H,7-8,10H2. The Labute approximate surface area is 168 Å². The molecular formula is C18H15BrClF3O3S. The summed E-state index contributed by atoms with van der Waals surface area (Å²) in [5.41, 5.74) is -0.215. The van der Waals surface area contributed by atoms with Crippen LogP contribution in [0.1, 0.15) is 30.1 Å². The van der Waals surface area contributed by atoms with Gasteiger partial charge in [0, 0.05) is 16.1 Å². The topological polar surface area (TPSA) is 43.4 Å². The molecular weight excluding hydrogens is 469 g/mol. The quantitative estimate of drug-likeness (QED) is 0.553. The van der Waals surface area contributed by atoms with Crippen LogP contribution in [0.3, 0.4) is 0 Å². The Morgan fingerprint density at radius 2 is 1.78 bits per heavy atom. The van der Waals surface area contributed by atoms with Gasteiger partial charge in [0.1, 0.15) is 0 Å². The Balaban J connectivity index is 1.91. The molecule has 9 heteroatoms. The summed E-state index contributed by atoms with van der Waals surface area (Å²) < 4.78 is 70.9. The van der Waals surface area contributed by atoms with Crippen LogP contribution in [-0.4, -0.2) is 20.3 Å².